The van der Waals surface area contributed by atoms with E-state index in [9.17, 15) is 33.9 Å². The van der Waals surface area contributed by atoms with E-state index in [0.29, 0.717) is 11.3 Å². The van der Waals surface area contributed by atoms with Crippen molar-refractivity contribution in [3.8, 4) is 0 Å². The first-order valence-corrected chi connectivity index (χ1v) is 14.6. The number of carboxylic acid groups (broad SMARTS) is 1. The third kappa shape index (κ3) is 4.38. The third-order valence-corrected chi connectivity index (χ3v) is 9.04. The van der Waals surface area contributed by atoms with Crippen molar-refractivity contribution in [1.29, 1.82) is 0 Å². The van der Waals surface area contributed by atoms with Gasteiger partial charge >= 0.3 is 28.5 Å². The summed E-state index contributed by atoms with van der Waals surface area (Å²) in [6, 6.07) is 5.50. The van der Waals surface area contributed by atoms with Crippen LogP contribution in [0.2, 0.25) is 0 Å². The largest absolute Gasteiger partial charge is 0.480 e. The van der Waals surface area contributed by atoms with Crippen LogP contribution >= 0.6 is 11.8 Å². The molecule has 0 radical (unpaired) electrons. The van der Waals surface area contributed by atoms with Crippen LogP contribution in [0, 0.1) is 11.8 Å². The van der Waals surface area contributed by atoms with Crippen LogP contribution in [0.15, 0.2) is 38.8 Å². The van der Waals surface area contributed by atoms with Crippen molar-refractivity contribution in [2.24, 2.45) is 30.9 Å². The SMILES string of the molecule is COC(=O)c1ccc(C2NC(CCSC)(C(=O)O)C3C(=O)N(CC[N+]4=c5c(=O)n(C)c(=O)n(C)c5=NC4)C(=O)C23)cc1. The topological polar surface area (TPSA) is 172 Å². The van der Waals surface area contributed by atoms with Crippen molar-refractivity contribution in [2.45, 2.75) is 18.0 Å². The molecular weight excluding hydrogens is 568 g/mol. The number of hydrogen-bond donors (Lipinski definition) is 2. The molecule has 0 spiro atoms. The average Bonchev–Trinajstić information content (AvgIpc) is 3.64. The van der Waals surface area contributed by atoms with Crippen LogP contribution in [-0.2, 0) is 33.2 Å². The number of nitrogens with one attached hydrogen (secondary N) is 1. The molecule has 4 heterocycles. The van der Waals surface area contributed by atoms with Crippen LogP contribution in [0.4, 0.5) is 0 Å². The van der Waals surface area contributed by atoms with Gasteiger partial charge in [0.05, 0.1) is 31.1 Å². The minimum Gasteiger partial charge on any atom is -0.480 e. The van der Waals surface area contributed by atoms with Gasteiger partial charge in [-0.1, -0.05) is 12.1 Å². The molecule has 0 bridgehead atoms. The lowest BCUT2D eigenvalue weighted by atomic mass is 9.78. The predicted octanol–water partition coefficient (Wildman–Crippen LogP) is -2.53. The highest BCUT2D eigenvalue weighted by atomic mass is 32.2. The van der Waals surface area contributed by atoms with Gasteiger partial charge in [0.2, 0.25) is 24.0 Å². The number of imide groups is 1. The first kappa shape index (κ1) is 29.4. The maximum atomic E-state index is 13.9. The minimum atomic E-state index is -1.69. The lowest BCUT2D eigenvalue weighted by molar-refractivity contribution is -0.151. The fraction of sp³-hybridized carbons (Fsp3) is 0.481. The van der Waals surface area contributed by atoms with E-state index < -0.39 is 58.4 Å². The number of aromatic nitrogens is 2. The van der Waals surface area contributed by atoms with Gasteiger partial charge in [0.25, 0.3) is 0 Å². The molecule has 2 N–H and O–H groups in total. The van der Waals surface area contributed by atoms with Gasteiger partial charge in [-0.25, -0.2) is 9.59 Å². The second-order valence-electron chi connectivity index (χ2n) is 10.5. The molecule has 1 aromatic carbocycles. The molecule has 3 aliphatic rings. The normalized spacial score (nSPS) is 24.5. The molecule has 2 fully saturated rings. The van der Waals surface area contributed by atoms with E-state index in [1.165, 1.54) is 49.7 Å². The van der Waals surface area contributed by atoms with E-state index in [-0.39, 0.29) is 42.6 Å². The molecular formula is C27H31N6O8S+. The Balaban J connectivity index is 1.52. The Morgan fingerprint density at radius 1 is 1.14 bits per heavy atom. The average molecular weight is 600 g/mol. The Bertz CT molecular complexity index is 1750. The van der Waals surface area contributed by atoms with Gasteiger partial charge in [-0.3, -0.25) is 38.5 Å². The van der Waals surface area contributed by atoms with Crippen LogP contribution in [0.5, 0.6) is 0 Å². The van der Waals surface area contributed by atoms with Gasteiger partial charge < -0.3 is 9.84 Å². The monoisotopic (exact) mass is 599 g/mol. The van der Waals surface area contributed by atoms with E-state index in [0.717, 1.165) is 9.47 Å². The summed E-state index contributed by atoms with van der Waals surface area (Å²) in [4.78, 5) is 83.1. The van der Waals surface area contributed by atoms with Gasteiger partial charge in [0, 0.05) is 20.1 Å². The predicted molar refractivity (Wildman–Crippen MR) is 149 cm³/mol. The van der Waals surface area contributed by atoms with Crippen molar-refractivity contribution in [3.05, 3.63) is 67.1 Å². The summed E-state index contributed by atoms with van der Waals surface area (Å²) in [5, 5.41) is 13.8. The number of ether oxygens (including phenoxy) is 1. The molecule has 2 saturated heterocycles. The zero-order valence-corrected chi connectivity index (χ0v) is 24.3. The van der Waals surface area contributed by atoms with Crippen LogP contribution in [-0.4, -0.2) is 87.3 Å². The van der Waals surface area contributed by atoms with E-state index >= 15 is 0 Å². The lowest BCUT2D eigenvalue weighted by Gasteiger charge is -2.31. The smallest absolute Gasteiger partial charge is 0.337 e. The molecule has 2 aromatic rings. The molecule has 15 heteroatoms. The molecule has 14 nitrogen and oxygen atoms in total. The molecule has 1 aromatic heterocycles. The standard InChI is InChI=1S/C27H30N6O8S/c1-30-20-19(23(36)31(2)26(30)40)32(13-28-20)10-11-33-21(34)16-17(22(33)35)27(25(38)39,9-12-42-4)29-18(16)14-5-7-15(8-6-14)24(37)41-3/h5-8,16-18,29H,9-13H2,1-4H3/p+1. The number of nitrogens with zero attached hydrogens (tertiary/aromatic N) is 5. The zero-order valence-electron chi connectivity index (χ0n) is 23.5. The fourth-order valence-corrected chi connectivity index (χ4v) is 6.74. The van der Waals surface area contributed by atoms with Crippen LogP contribution in [0.3, 0.4) is 0 Å². The molecule has 222 valence electrons. The van der Waals surface area contributed by atoms with E-state index in [2.05, 4.69) is 10.3 Å². The van der Waals surface area contributed by atoms with E-state index in [4.69, 9.17) is 4.74 Å². The van der Waals surface area contributed by atoms with Crippen LogP contribution in [0.1, 0.15) is 28.4 Å². The maximum Gasteiger partial charge on any atom is 0.337 e. The fourth-order valence-electron chi connectivity index (χ4n) is 6.21. The van der Waals surface area contributed by atoms with Gasteiger partial charge in [-0.05, 0) is 36.1 Å². The van der Waals surface area contributed by atoms with Crippen LogP contribution in [0.25, 0.3) is 0 Å². The van der Waals surface area contributed by atoms with Crippen molar-refractivity contribution in [2.75, 3.05) is 38.9 Å². The second-order valence-corrected chi connectivity index (χ2v) is 11.5. The minimum absolute atomic E-state index is 0.0639. The summed E-state index contributed by atoms with van der Waals surface area (Å²) in [6.45, 7) is 0.0317. The number of methoxy groups -OCH3 is 1. The first-order chi connectivity index (χ1) is 20.0. The number of aliphatic carboxylic acids is 1. The Morgan fingerprint density at radius 2 is 1.83 bits per heavy atom. The third-order valence-electron chi connectivity index (χ3n) is 8.43. The number of carboxylic acids is 1. The Kier molecular flexibility index (Phi) is 7.66. The quantitative estimate of drug-likeness (QED) is 0.178. The summed E-state index contributed by atoms with van der Waals surface area (Å²) in [7, 11) is 4.13. The number of esters is 1. The lowest BCUT2D eigenvalue weighted by Crippen LogP contribution is -2.60. The van der Waals surface area contributed by atoms with Crippen molar-refractivity contribution in [3.63, 3.8) is 0 Å². The number of amides is 2. The molecule has 0 saturated carbocycles. The summed E-state index contributed by atoms with van der Waals surface area (Å²) in [6.07, 6.45) is 1.94. The highest BCUT2D eigenvalue weighted by Crippen LogP contribution is 2.50. The number of hydrogen-bond acceptors (Lipinski definition) is 10. The number of rotatable bonds is 9. The first-order valence-electron chi connectivity index (χ1n) is 13.2. The molecule has 0 aliphatic carbocycles. The zero-order chi connectivity index (χ0) is 30.5. The molecule has 4 atom stereocenters. The number of fused-ring (bicyclic) bond motifs is 2. The second kappa shape index (κ2) is 10.9. The summed E-state index contributed by atoms with van der Waals surface area (Å²) >= 11 is 1.43. The highest BCUT2D eigenvalue weighted by molar-refractivity contribution is 7.98. The van der Waals surface area contributed by atoms with Crippen molar-refractivity contribution >= 4 is 35.5 Å². The Hall–Kier alpha value is -4.11. The molecule has 4 unspecified atom stereocenters. The Morgan fingerprint density at radius 3 is 2.45 bits per heavy atom. The Labute approximate surface area is 243 Å². The summed E-state index contributed by atoms with van der Waals surface area (Å²) in [5.74, 6) is -4.60. The van der Waals surface area contributed by atoms with Crippen molar-refractivity contribution in [1.82, 2.24) is 23.9 Å². The number of likely N-dealkylation sites (tertiary alicyclic amines) is 1. The van der Waals surface area contributed by atoms with Crippen LogP contribution < -0.4 is 32.0 Å². The van der Waals surface area contributed by atoms with Gasteiger partial charge in [-0.15, -0.1) is 0 Å². The number of benzene rings is 1. The highest BCUT2D eigenvalue weighted by Gasteiger charge is 2.68. The molecule has 2 amide bonds. The number of thioether (sulfide) groups is 1. The van der Waals surface area contributed by atoms with Gasteiger partial charge in [0.1, 0.15) is 5.54 Å². The van der Waals surface area contributed by atoms with E-state index in [1.807, 2.05) is 6.26 Å². The number of carbonyl (C=O) groups is 4. The summed E-state index contributed by atoms with van der Waals surface area (Å²) in [5.41, 5.74) is -1.67. The van der Waals surface area contributed by atoms with E-state index in [1.54, 1.807) is 16.7 Å². The molecule has 3 aliphatic heterocycles. The maximum absolute atomic E-state index is 13.9. The van der Waals surface area contributed by atoms with Crippen molar-refractivity contribution < 1.29 is 29.0 Å². The van der Waals surface area contributed by atoms with Gasteiger partial charge in [0.15, 0.2) is 6.54 Å². The molecule has 5 rings (SSSR count). The number of carbonyl (C=O) groups excluding carboxylic acids is 3. The van der Waals surface area contributed by atoms with Gasteiger partial charge in [-0.2, -0.15) is 21.3 Å². The summed E-state index contributed by atoms with van der Waals surface area (Å²) < 4.78 is 8.59. The molecule has 42 heavy (non-hydrogen) atoms.